The van der Waals surface area contributed by atoms with Crippen molar-refractivity contribution in [1.82, 2.24) is 15.4 Å². The number of nitrogens with one attached hydrogen (secondary N) is 2. The van der Waals surface area contributed by atoms with E-state index in [9.17, 15) is 4.79 Å². The SMILES string of the molecule is Cc1[nH]cnc1/C=N/NC(=O)c1ccccc1Cl. The third kappa shape index (κ3) is 2.75. The monoisotopic (exact) mass is 262 g/mol. The number of carbonyl (C=O) groups excluding carboxylic acids is 1. The number of aromatic amines is 1. The summed E-state index contributed by atoms with van der Waals surface area (Å²) < 4.78 is 0. The van der Waals surface area contributed by atoms with E-state index in [2.05, 4.69) is 20.5 Å². The molecular weight excluding hydrogens is 252 g/mol. The van der Waals surface area contributed by atoms with Gasteiger partial charge in [0.15, 0.2) is 0 Å². The van der Waals surface area contributed by atoms with E-state index in [1.54, 1.807) is 30.6 Å². The van der Waals surface area contributed by atoms with Crippen LogP contribution in [0.4, 0.5) is 0 Å². The number of hydrogen-bond donors (Lipinski definition) is 2. The predicted octanol–water partition coefficient (Wildman–Crippen LogP) is 2.14. The van der Waals surface area contributed by atoms with E-state index in [1.807, 2.05) is 6.92 Å². The average molecular weight is 263 g/mol. The number of nitrogens with zero attached hydrogens (tertiary/aromatic N) is 2. The average Bonchev–Trinajstić information content (AvgIpc) is 2.75. The maximum absolute atomic E-state index is 11.7. The van der Waals surface area contributed by atoms with Gasteiger partial charge < -0.3 is 4.98 Å². The molecule has 1 aromatic heterocycles. The second-order valence-electron chi connectivity index (χ2n) is 3.59. The van der Waals surface area contributed by atoms with E-state index in [-0.39, 0.29) is 5.91 Å². The third-order valence-electron chi connectivity index (χ3n) is 2.34. The first-order valence-corrected chi connectivity index (χ1v) is 5.64. The van der Waals surface area contributed by atoms with Crippen LogP contribution in [0.2, 0.25) is 5.02 Å². The Morgan fingerprint density at radius 2 is 2.28 bits per heavy atom. The van der Waals surface area contributed by atoms with Crippen molar-refractivity contribution in [2.24, 2.45) is 5.10 Å². The topological polar surface area (TPSA) is 70.1 Å². The zero-order chi connectivity index (χ0) is 13.0. The fourth-order valence-corrected chi connectivity index (χ4v) is 1.58. The molecule has 2 rings (SSSR count). The van der Waals surface area contributed by atoms with Gasteiger partial charge in [-0.3, -0.25) is 4.79 Å². The molecular formula is C12H11ClN4O. The summed E-state index contributed by atoms with van der Waals surface area (Å²) >= 11 is 5.89. The summed E-state index contributed by atoms with van der Waals surface area (Å²) in [4.78, 5) is 18.7. The standard InChI is InChI=1S/C12H11ClN4O/c1-8-11(15-7-14-8)6-16-17-12(18)9-4-2-3-5-10(9)13/h2-7H,1H3,(H,14,15)(H,17,18)/b16-6+. The number of benzene rings is 1. The second kappa shape index (κ2) is 5.46. The van der Waals surface area contributed by atoms with Gasteiger partial charge in [0, 0.05) is 5.69 Å². The lowest BCUT2D eigenvalue weighted by Crippen LogP contribution is -2.18. The highest BCUT2D eigenvalue weighted by Gasteiger charge is 2.07. The summed E-state index contributed by atoms with van der Waals surface area (Å²) in [5, 5.41) is 4.22. The molecule has 0 bridgehead atoms. The van der Waals surface area contributed by atoms with Crippen molar-refractivity contribution in [2.45, 2.75) is 6.92 Å². The van der Waals surface area contributed by atoms with Crippen molar-refractivity contribution in [3.8, 4) is 0 Å². The molecule has 6 heteroatoms. The molecule has 0 radical (unpaired) electrons. The minimum Gasteiger partial charge on any atom is -0.348 e. The fraction of sp³-hybridized carbons (Fsp3) is 0.0833. The van der Waals surface area contributed by atoms with Crippen LogP contribution >= 0.6 is 11.6 Å². The van der Waals surface area contributed by atoms with Crippen LogP contribution in [0.5, 0.6) is 0 Å². The van der Waals surface area contributed by atoms with Crippen LogP contribution in [-0.2, 0) is 0 Å². The summed E-state index contributed by atoms with van der Waals surface area (Å²) in [7, 11) is 0. The van der Waals surface area contributed by atoms with Crippen molar-refractivity contribution in [2.75, 3.05) is 0 Å². The maximum Gasteiger partial charge on any atom is 0.272 e. The molecule has 0 aliphatic rings. The first kappa shape index (κ1) is 12.3. The van der Waals surface area contributed by atoms with E-state index < -0.39 is 0 Å². The first-order chi connectivity index (χ1) is 8.68. The lowest BCUT2D eigenvalue weighted by Gasteiger charge is -2.01. The summed E-state index contributed by atoms with van der Waals surface area (Å²) in [6, 6.07) is 6.78. The lowest BCUT2D eigenvalue weighted by atomic mass is 10.2. The molecule has 0 aliphatic carbocycles. The molecule has 0 unspecified atom stereocenters. The number of hydrazone groups is 1. The highest BCUT2D eigenvalue weighted by Crippen LogP contribution is 2.14. The Balaban J connectivity index is 2.03. The van der Waals surface area contributed by atoms with E-state index in [4.69, 9.17) is 11.6 Å². The van der Waals surface area contributed by atoms with Gasteiger partial charge in [0.05, 0.1) is 23.1 Å². The molecule has 2 aromatic rings. The van der Waals surface area contributed by atoms with E-state index in [0.29, 0.717) is 16.3 Å². The Hall–Kier alpha value is -2.14. The minimum absolute atomic E-state index is 0.356. The number of amides is 1. The van der Waals surface area contributed by atoms with Crippen LogP contribution < -0.4 is 5.43 Å². The van der Waals surface area contributed by atoms with Crippen molar-refractivity contribution in [3.63, 3.8) is 0 Å². The Morgan fingerprint density at radius 3 is 2.94 bits per heavy atom. The molecule has 1 amide bonds. The van der Waals surface area contributed by atoms with Crippen LogP contribution in [0.15, 0.2) is 35.7 Å². The summed E-state index contributed by atoms with van der Waals surface area (Å²) in [5.41, 5.74) is 4.34. The summed E-state index contributed by atoms with van der Waals surface area (Å²) in [6.07, 6.45) is 3.03. The Kier molecular flexibility index (Phi) is 3.74. The van der Waals surface area contributed by atoms with Crippen molar-refractivity contribution < 1.29 is 4.79 Å². The van der Waals surface area contributed by atoms with Crippen molar-refractivity contribution in [1.29, 1.82) is 0 Å². The van der Waals surface area contributed by atoms with Crippen molar-refractivity contribution >= 4 is 23.7 Å². The first-order valence-electron chi connectivity index (χ1n) is 5.26. The molecule has 1 aromatic carbocycles. The molecule has 0 fully saturated rings. The van der Waals surface area contributed by atoms with Gasteiger partial charge in [-0.25, -0.2) is 10.4 Å². The van der Waals surface area contributed by atoms with E-state index in [0.717, 1.165) is 5.69 Å². The summed E-state index contributed by atoms with van der Waals surface area (Å²) in [5.74, 6) is -0.356. The predicted molar refractivity (Wildman–Crippen MR) is 69.8 cm³/mol. The summed E-state index contributed by atoms with van der Waals surface area (Å²) in [6.45, 7) is 1.87. The van der Waals surface area contributed by atoms with Gasteiger partial charge in [-0.05, 0) is 19.1 Å². The molecule has 0 atom stereocenters. The molecule has 0 saturated carbocycles. The van der Waals surface area contributed by atoms with Gasteiger partial charge in [0.1, 0.15) is 5.69 Å². The largest absolute Gasteiger partial charge is 0.348 e. The van der Waals surface area contributed by atoms with Crippen LogP contribution in [0.25, 0.3) is 0 Å². The van der Waals surface area contributed by atoms with Crippen LogP contribution in [0.3, 0.4) is 0 Å². The number of halogens is 1. The fourth-order valence-electron chi connectivity index (χ4n) is 1.36. The van der Waals surface area contributed by atoms with Gasteiger partial charge in [-0.2, -0.15) is 5.10 Å². The third-order valence-corrected chi connectivity index (χ3v) is 2.67. The number of imidazole rings is 1. The zero-order valence-electron chi connectivity index (χ0n) is 9.64. The van der Waals surface area contributed by atoms with Crippen LogP contribution in [0.1, 0.15) is 21.7 Å². The number of rotatable bonds is 3. The molecule has 2 N–H and O–H groups in total. The maximum atomic E-state index is 11.7. The molecule has 92 valence electrons. The number of hydrogen-bond acceptors (Lipinski definition) is 3. The zero-order valence-corrected chi connectivity index (χ0v) is 10.4. The molecule has 5 nitrogen and oxygen atoms in total. The normalized spacial score (nSPS) is 10.8. The second-order valence-corrected chi connectivity index (χ2v) is 4.00. The number of H-pyrrole nitrogens is 1. The number of aromatic nitrogens is 2. The van der Waals surface area contributed by atoms with E-state index >= 15 is 0 Å². The highest BCUT2D eigenvalue weighted by molar-refractivity contribution is 6.33. The lowest BCUT2D eigenvalue weighted by molar-refractivity contribution is 0.0955. The molecule has 18 heavy (non-hydrogen) atoms. The van der Waals surface area contributed by atoms with Gasteiger partial charge >= 0.3 is 0 Å². The Morgan fingerprint density at radius 1 is 1.50 bits per heavy atom. The molecule has 0 aliphatic heterocycles. The van der Waals surface area contributed by atoms with Gasteiger partial charge in [-0.15, -0.1) is 0 Å². The molecule has 1 heterocycles. The Labute approximate surface area is 109 Å². The van der Waals surface area contributed by atoms with Gasteiger partial charge in [0.2, 0.25) is 0 Å². The van der Waals surface area contributed by atoms with E-state index in [1.165, 1.54) is 6.21 Å². The van der Waals surface area contributed by atoms with Crippen LogP contribution in [-0.4, -0.2) is 22.1 Å². The Bertz CT molecular complexity index is 591. The van der Waals surface area contributed by atoms with Gasteiger partial charge in [0.25, 0.3) is 5.91 Å². The smallest absolute Gasteiger partial charge is 0.272 e. The number of aryl methyl sites for hydroxylation is 1. The molecule has 0 saturated heterocycles. The van der Waals surface area contributed by atoms with Crippen molar-refractivity contribution in [3.05, 3.63) is 52.6 Å². The number of carbonyl (C=O) groups is 1. The molecule has 0 spiro atoms. The highest BCUT2D eigenvalue weighted by atomic mass is 35.5. The van der Waals surface area contributed by atoms with Gasteiger partial charge in [-0.1, -0.05) is 23.7 Å². The minimum atomic E-state index is -0.356. The van der Waals surface area contributed by atoms with Crippen LogP contribution in [0, 0.1) is 6.92 Å². The quantitative estimate of drug-likeness (QED) is 0.657.